The molecule has 1 amide bonds. The van der Waals surface area contributed by atoms with E-state index in [1.807, 2.05) is 6.07 Å². The topological polar surface area (TPSA) is 79.8 Å². The van der Waals surface area contributed by atoms with Gasteiger partial charge in [0, 0.05) is 17.9 Å². The molecule has 0 radical (unpaired) electrons. The van der Waals surface area contributed by atoms with Crippen molar-refractivity contribution in [3.05, 3.63) is 22.9 Å². The quantitative estimate of drug-likeness (QED) is 0.838. The predicted molar refractivity (Wildman–Crippen MR) is 70.1 cm³/mol. The van der Waals surface area contributed by atoms with Crippen LogP contribution in [-0.2, 0) is 17.6 Å². The molecule has 0 saturated carbocycles. The first kappa shape index (κ1) is 12.9. The van der Waals surface area contributed by atoms with E-state index in [0.29, 0.717) is 17.7 Å². The second-order valence-corrected chi connectivity index (χ2v) is 5.41. The minimum Gasteiger partial charge on any atom is -0.370 e. The number of hydrogen-bond acceptors (Lipinski definition) is 4. The molecule has 1 heterocycles. The monoisotopic (exact) mass is 261 g/mol. The number of thioether (sulfide) groups is 1. The van der Waals surface area contributed by atoms with E-state index in [1.54, 1.807) is 0 Å². The standard InChI is InChI=1S/C13H15N3OS/c14-8-10-7-9-3-1-2-4-11(9)16-13(10)18-6-5-12(15)17/h7H,1-6H2,(H2,15,17). The zero-order chi connectivity index (χ0) is 13.0. The fraction of sp³-hybridized carbons (Fsp3) is 0.462. The van der Waals surface area contributed by atoms with E-state index >= 15 is 0 Å². The maximum Gasteiger partial charge on any atom is 0.218 e. The maximum atomic E-state index is 10.7. The molecule has 0 fully saturated rings. The molecule has 0 bridgehead atoms. The number of aromatic nitrogens is 1. The number of hydrogen-bond donors (Lipinski definition) is 1. The Bertz CT molecular complexity index is 508. The van der Waals surface area contributed by atoms with Crippen molar-refractivity contribution in [2.24, 2.45) is 5.73 Å². The molecule has 0 aliphatic heterocycles. The van der Waals surface area contributed by atoms with Crippen molar-refractivity contribution in [2.75, 3.05) is 5.75 Å². The summed E-state index contributed by atoms with van der Waals surface area (Å²) in [7, 11) is 0. The summed E-state index contributed by atoms with van der Waals surface area (Å²) in [6.07, 6.45) is 4.66. The fourth-order valence-corrected chi connectivity index (χ4v) is 2.98. The van der Waals surface area contributed by atoms with Crippen molar-refractivity contribution < 1.29 is 4.79 Å². The summed E-state index contributed by atoms with van der Waals surface area (Å²) in [5.41, 5.74) is 8.03. The molecule has 0 aromatic carbocycles. The number of carbonyl (C=O) groups is 1. The van der Waals surface area contributed by atoms with Crippen LogP contribution in [-0.4, -0.2) is 16.6 Å². The zero-order valence-electron chi connectivity index (χ0n) is 10.1. The van der Waals surface area contributed by atoms with Gasteiger partial charge < -0.3 is 5.73 Å². The van der Waals surface area contributed by atoms with Gasteiger partial charge in [-0.2, -0.15) is 5.26 Å². The normalized spacial score (nSPS) is 13.7. The van der Waals surface area contributed by atoms with Gasteiger partial charge in [0.05, 0.1) is 5.56 Å². The molecule has 0 atom stereocenters. The lowest BCUT2D eigenvalue weighted by Crippen LogP contribution is -2.11. The molecular formula is C13H15N3OS. The van der Waals surface area contributed by atoms with Gasteiger partial charge in [0.15, 0.2) is 0 Å². The number of fused-ring (bicyclic) bond motifs is 1. The van der Waals surface area contributed by atoms with Gasteiger partial charge in [-0.25, -0.2) is 4.98 Å². The Labute approximate surface area is 111 Å². The van der Waals surface area contributed by atoms with Crippen LogP contribution in [0.5, 0.6) is 0 Å². The van der Waals surface area contributed by atoms with Crippen LogP contribution in [0.1, 0.15) is 36.1 Å². The molecule has 4 nitrogen and oxygen atoms in total. The lowest BCUT2D eigenvalue weighted by atomic mass is 9.95. The highest BCUT2D eigenvalue weighted by Crippen LogP contribution is 2.27. The van der Waals surface area contributed by atoms with Gasteiger partial charge in [-0.15, -0.1) is 11.8 Å². The van der Waals surface area contributed by atoms with E-state index in [0.717, 1.165) is 30.0 Å². The fourth-order valence-electron chi connectivity index (χ4n) is 2.05. The second kappa shape index (κ2) is 5.87. The van der Waals surface area contributed by atoms with Crippen molar-refractivity contribution in [3.63, 3.8) is 0 Å². The van der Waals surface area contributed by atoms with E-state index in [4.69, 9.17) is 11.0 Å². The maximum absolute atomic E-state index is 10.7. The van der Waals surface area contributed by atoms with E-state index in [-0.39, 0.29) is 5.91 Å². The number of aryl methyl sites for hydroxylation is 2. The number of nitrogens with two attached hydrogens (primary N) is 1. The van der Waals surface area contributed by atoms with Gasteiger partial charge >= 0.3 is 0 Å². The molecular weight excluding hydrogens is 246 g/mol. The molecule has 1 aliphatic rings. The third kappa shape index (κ3) is 3.02. The van der Waals surface area contributed by atoms with Crippen LogP contribution >= 0.6 is 11.8 Å². The molecule has 0 unspecified atom stereocenters. The van der Waals surface area contributed by atoms with Crippen LogP contribution in [0, 0.1) is 11.3 Å². The molecule has 0 spiro atoms. The third-order valence-electron chi connectivity index (χ3n) is 2.97. The van der Waals surface area contributed by atoms with Crippen LogP contribution in [0.2, 0.25) is 0 Å². The van der Waals surface area contributed by atoms with Crippen LogP contribution in [0.15, 0.2) is 11.1 Å². The molecule has 1 aromatic heterocycles. The SMILES string of the molecule is N#Cc1cc2c(nc1SCCC(N)=O)CCCC2. The molecule has 0 saturated heterocycles. The largest absolute Gasteiger partial charge is 0.370 e. The summed E-state index contributed by atoms with van der Waals surface area (Å²) in [4.78, 5) is 15.3. The zero-order valence-corrected chi connectivity index (χ0v) is 10.9. The molecule has 2 rings (SSSR count). The molecule has 2 N–H and O–H groups in total. The average Bonchev–Trinajstić information content (AvgIpc) is 2.37. The number of rotatable bonds is 4. The van der Waals surface area contributed by atoms with Gasteiger partial charge in [-0.1, -0.05) is 0 Å². The summed E-state index contributed by atoms with van der Waals surface area (Å²) in [5.74, 6) is 0.259. The Morgan fingerprint density at radius 2 is 2.28 bits per heavy atom. The first-order valence-electron chi connectivity index (χ1n) is 6.04. The number of pyridine rings is 1. The van der Waals surface area contributed by atoms with Gasteiger partial charge in [0.1, 0.15) is 11.1 Å². The second-order valence-electron chi connectivity index (χ2n) is 4.33. The Hall–Kier alpha value is -1.54. The summed E-state index contributed by atoms with van der Waals surface area (Å²) in [6.45, 7) is 0. The Morgan fingerprint density at radius 1 is 1.50 bits per heavy atom. The highest BCUT2D eigenvalue weighted by atomic mass is 32.2. The Kier molecular flexibility index (Phi) is 4.21. The summed E-state index contributed by atoms with van der Waals surface area (Å²) in [5, 5.41) is 9.87. The van der Waals surface area contributed by atoms with Crippen LogP contribution < -0.4 is 5.73 Å². The molecule has 5 heteroatoms. The number of nitrogens with zero attached hydrogens (tertiary/aromatic N) is 2. The van der Waals surface area contributed by atoms with Gasteiger partial charge in [0.25, 0.3) is 0 Å². The average molecular weight is 261 g/mol. The smallest absolute Gasteiger partial charge is 0.218 e. The van der Waals surface area contributed by atoms with Crippen molar-refractivity contribution in [3.8, 4) is 6.07 Å². The lowest BCUT2D eigenvalue weighted by molar-refractivity contribution is -0.117. The summed E-state index contributed by atoms with van der Waals surface area (Å²) >= 11 is 1.44. The van der Waals surface area contributed by atoms with Crippen molar-refractivity contribution in [1.82, 2.24) is 4.98 Å². The molecule has 18 heavy (non-hydrogen) atoms. The first-order valence-corrected chi connectivity index (χ1v) is 7.03. The number of primary amides is 1. The van der Waals surface area contributed by atoms with E-state index < -0.39 is 0 Å². The van der Waals surface area contributed by atoms with E-state index in [1.165, 1.54) is 23.7 Å². The molecule has 1 aromatic rings. The Balaban J connectivity index is 2.18. The van der Waals surface area contributed by atoms with Crippen LogP contribution in [0.3, 0.4) is 0 Å². The highest BCUT2D eigenvalue weighted by Gasteiger charge is 2.15. The van der Waals surface area contributed by atoms with Gasteiger partial charge in [-0.3, -0.25) is 4.79 Å². The lowest BCUT2D eigenvalue weighted by Gasteiger charge is -2.16. The predicted octanol–water partition coefficient (Wildman–Crippen LogP) is 1.80. The van der Waals surface area contributed by atoms with Gasteiger partial charge in [-0.05, 0) is 37.3 Å². The number of amides is 1. The van der Waals surface area contributed by atoms with Gasteiger partial charge in [0.2, 0.25) is 5.91 Å². The summed E-state index contributed by atoms with van der Waals surface area (Å²) in [6, 6.07) is 4.14. The third-order valence-corrected chi connectivity index (χ3v) is 3.97. The van der Waals surface area contributed by atoms with Crippen molar-refractivity contribution in [1.29, 1.82) is 5.26 Å². The highest BCUT2D eigenvalue weighted by molar-refractivity contribution is 7.99. The molecule has 94 valence electrons. The minimum atomic E-state index is -0.320. The summed E-state index contributed by atoms with van der Waals surface area (Å²) < 4.78 is 0. The first-order chi connectivity index (χ1) is 8.70. The van der Waals surface area contributed by atoms with E-state index in [9.17, 15) is 4.79 Å². The van der Waals surface area contributed by atoms with Crippen LogP contribution in [0.25, 0.3) is 0 Å². The van der Waals surface area contributed by atoms with Crippen molar-refractivity contribution in [2.45, 2.75) is 37.1 Å². The van der Waals surface area contributed by atoms with E-state index in [2.05, 4.69) is 11.1 Å². The Morgan fingerprint density at radius 3 is 3.00 bits per heavy atom. The minimum absolute atomic E-state index is 0.314. The van der Waals surface area contributed by atoms with Crippen molar-refractivity contribution >= 4 is 17.7 Å². The molecule has 1 aliphatic carbocycles. The number of carbonyl (C=O) groups excluding carboxylic acids is 1. The van der Waals surface area contributed by atoms with Crippen LogP contribution in [0.4, 0.5) is 0 Å². The number of nitriles is 1.